The Balaban J connectivity index is 1.68. The van der Waals surface area contributed by atoms with Crippen LogP contribution in [0.25, 0.3) is 0 Å². The van der Waals surface area contributed by atoms with Gasteiger partial charge in [-0.15, -0.1) is 16.8 Å². The monoisotopic (exact) mass is 450 g/mol. The van der Waals surface area contributed by atoms with Crippen LogP contribution in [0.2, 0.25) is 0 Å². The molecule has 1 unspecified atom stereocenters. The Morgan fingerprint density at radius 3 is 2.50 bits per heavy atom. The first-order valence-electron chi connectivity index (χ1n) is 10.6. The van der Waals surface area contributed by atoms with Gasteiger partial charge in [-0.3, -0.25) is 9.36 Å². The second kappa shape index (κ2) is 10.5. The maximum Gasteiger partial charge on any atom is 0.234 e. The van der Waals surface area contributed by atoms with E-state index in [0.717, 1.165) is 22.6 Å². The van der Waals surface area contributed by atoms with Crippen molar-refractivity contribution >= 4 is 23.4 Å². The number of nitrogens with zero attached hydrogens (tertiary/aromatic N) is 3. The highest BCUT2D eigenvalue weighted by Gasteiger charge is 2.20. The van der Waals surface area contributed by atoms with Crippen LogP contribution in [0.4, 0.5) is 5.69 Å². The first kappa shape index (κ1) is 23.6. The van der Waals surface area contributed by atoms with Gasteiger partial charge in [-0.2, -0.15) is 0 Å². The van der Waals surface area contributed by atoms with Crippen molar-refractivity contribution in [2.75, 3.05) is 11.1 Å². The molecular weight excluding hydrogens is 420 g/mol. The molecule has 0 bridgehead atoms. The number of ether oxygens (including phenoxy) is 1. The molecule has 2 aromatic carbocycles. The number of thioether (sulfide) groups is 1. The van der Waals surface area contributed by atoms with Crippen LogP contribution in [0, 0.1) is 27.7 Å². The van der Waals surface area contributed by atoms with Gasteiger partial charge >= 0.3 is 0 Å². The zero-order valence-electron chi connectivity index (χ0n) is 19.3. The third-order valence-corrected chi connectivity index (χ3v) is 6.02. The fourth-order valence-corrected chi connectivity index (χ4v) is 4.18. The summed E-state index contributed by atoms with van der Waals surface area (Å²) < 4.78 is 8.06. The second-order valence-corrected chi connectivity index (χ2v) is 8.90. The van der Waals surface area contributed by atoms with Crippen molar-refractivity contribution in [3.8, 4) is 5.75 Å². The minimum atomic E-state index is -0.303. The van der Waals surface area contributed by atoms with Gasteiger partial charge in [-0.05, 0) is 81.1 Å². The third-order valence-electron chi connectivity index (χ3n) is 5.05. The molecule has 7 heteroatoms. The van der Waals surface area contributed by atoms with Crippen molar-refractivity contribution < 1.29 is 9.53 Å². The second-order valence-electron chi connectivity index (χ2n) is 7.96. The quantitative estimate of drug-likeness (QED) is 0.341. The number of carbonyl (C=O) groups is 1. The van der Waals surface area contributed by atoms with E-state index in [2.05, 4.69) is 42.0 Å². The zero-order chi connectivity index (χ0) is 23.3. The van der Waals surface area contributed by atoms with Crippen molar-refractivity contribution in [1.29, 1.82) is 0 Å². The summed E-state index contributed by atoms with van der Waals surface area (Å²) in [6.07, 6.45) is 1.48. The van der Waals surface area contributed by atoms with Crippen LogP contribution in [0.1, 0.15) is 41.1 Å². The number of rotatable bonds is 9. The van der Waals surface area contributed by atoms with Crippen LogP contribution in [0.15, 0.2) is 54.2 Å². The highest BCUT2D eigenvalue weighted by molar-refractivity contribution is 7.99. The molecule has 0 saturated carbocycles. The molecule has 1 amide bonds. The Hall–Kier alpha value is -3.06. The minimum Gasteiger partial charge on any atom is -0.483 e. The van der Waals surface area contributed by atoms with E-state index in [1.807, 2.05) is 55.7 Å². The van der Waals surface area contributed by atoms with Gasteiger partial charge in [-0.1, -0.05) is 30.0 Å². The molecule has 0 aliphatic rings. The number of benzene rings is 2. The summed E-state index contributed by atoms with van der Waals surface area (Å²) in [6.45, 7) is 14.5. The van der Waals surface area contributed by atoms with Crippen LogP contribution < -0.4 is 10.1 Å². The SMILES string of the molecule is C=CCn1c(SCC(=O)Nc2cc(C)cc(C)c2)nnc1C(C)Oc1ccc(C)c(C)c1. The lowest BCUT2D eigenvalue weighted by molar-refractivity contribution is -0.113. The van der Waals surface area contributed by atoms with E-state index in [9.17, 15) is 4.79 Å². The average Bonchev–Trinajstić information content (AvgIpc) is 3.11. The number of aromatic nitrogens is 3. The summed E-state index contributed by atoms with van der Waals surface area (Å²) in [6, 6.07) is 12.0. The standard InChI is InChI=1S/C25H30N4O2S/c1-7-10-29-24(20(6)31-22-9-8-18(4)19(5)14-22)27-28-25(29)32-15-23(30)26-21-12-16(2)11-17(3)13-21/h7-9,11-14,20H,1,10,15H2,2-6H3,(H,26,30). The molecule has 0 spiro atoms. The molecule has 0 aliphatic heterocycles. The lowest BCUT2D eigenvalue weighted by atomic mass is 10.1. The predicted molar refractivity (Wildman–Crippen MR) is 130 cm³/mol. The van der Waals surface area contributed by atoms with Crippen molar-refractivity contribution in [3.05, 3.63) is 77.1 Å². The molecule has 32 heavy (non-hydrogen) atoms. The van der Waals surface area contributed by atoms with Crippen LogP contribution in [0.3, 0.4) is 0 Å². The fraction of sp³-hybridized carbons (Fsp3) is 0.320. The van der Waals surface area contributed by atoms with Gasteiger partial charge < -0.3 is 10.1 Å². The first-order chi connectivity index (χ1) is 15.3. The number of hydrogen-bond acceptors (Lipinski definition) is 5. The Bertz CT molecular complexity index is 1100. The Kier molecular flexibility index (Phi) is 7.75. The number of hydrogen-bond donors (Lipinski definition) is 1. The Morgan fingerprint density at radius 2 is 1.84 bits per heavy atom. The average molecular weight is 451 g/mol. The molecule has 0 aliphatic carbocycles. The number of allylic oxidation sites excluding steroid dienone is 1. The number of amides is 1. The highest BCUT2D eigenvalue weighted by Crippen LogP contribution is 2.26. The van der Waals surface area contributed by atoms with Crippen LogP contribution in [-0.4, -0.2) is 26.4 Å². The number of nitrogens with one attached hydrogen (secondary N) is 1. The molecule has 1 heterocycles. The number of carbonyl (C=O) groups excluding carboxylic acids is 1. The van der Waals surface area contributed by atoms with Crippen molar-refractivity contribution in [2.24, 2.45) is 0 Å². The van der Waals surface area contributed by atoms with Gasteiger partial charge in [0.05, 0.1) is 5.75 Å². The van der Waals surface area contributed by atoms with Gasteiger partial charge in [0.1, 0.15) is 5.75 Å². The van der Waals surface area contributed by atoms with E-state index in [-0.39, 0.29) is 17.8 Å². The molecule has 1 atom stereocenters. The fourth-order valence-electron chi connectivity index (χ4n) is 3.43. The summed E-state index contributed by atoms with van der Waals surface area (Å²) in [5, 5.41) is 12.3. The van der Waals surface area contributed by atoms with Crippen LogP contribution >= 0.6 is 11.8 Å². The Labute approximate surface area is 194 Å². The van der Waals surface area contributed by atoms with Crippen molar-refractivity contribution in [2.45, 2.75) is 52.4 Å². The lowest BCUT2D eigenvalue weighted by Crippen LogP contribution is -2.15. The summed E-state index contributed by atoms with van der Waals surface area (Å²) in [4.78, 5) is 12.5. The molecule has 168 valence electrons. The molecule has 3 rings (SSSR count). The highest BCUT2D eigenvalue weighted by atomic mass is 32.2. The van der Waals surface area contributed by atoms with Gasteiger partial charge in [0.2, 0.25) is 5.91 Å². The van der Waals surface area contributed by atoms with Crippen molar-refractivity contribution in [3.63, 3.8) is 0 Å². The normalized spacial score (nSPS) is 11.8. The number of anilines is 1. The maximum atomic E-state index is 12.5. The molecular formula is C25H30N4O2S. The van der Waals surface area contributed by atoms with Gasteiger partial charge in [0, 0.05) is 12.2 Å². The van der Waals surface area contributed by atoms with Crippen LogP contribution in [-0.2, 0) is 11.3 Å². The van der Waals surface area contributed by atoms with Gasteiger partial charge in [0.15, 0.2) is 17.1 Å². The first-order valence-corrected chi connectivity index (χ1v) is 11.5. The summed E-state index contributed by atoms with van der Waals surface area (Å²) in [5.41, 5.74) is 5.42. The van der Waals surface area contributed by atoms with E-state index < -0.39 is 0 Å². The minimum absolute atomic E-state index is 0.0888. The van der Waals surface area contributed by atoms with Gasteiger partial charge in [-0.25, -0.2) is 0 Å². The predicted octanol–water partition coefficient (Wildman–Crippen LogP) is 5.57. The molecule has 0 saturated heterocycles. The van der Waals surface area contributed by atoms with Crippen LogP contribution in [0.5, 0.6) is 5.75 Å². The maximum absolute atomic E-state index is 12.5. The molecule has 6 nitrogen and oxygen atoms in total. The summed E-state index contributed by atoms with van der Waals surface area (Å²) in [7, 11) is 0. The van der Waals surface area contributed by atoms with E-state index in [1.165, 1.54) is 22.9 Å². The van der Waals surface area contributed by atoms with Gasteiger partial charge in [0.25, 0.3) is 0 Å². The van der Waals surface area contributed by atoms with E-state index in [0.29, 0.717) is 17.5 Å². The van der Waals surface area contributed by atoms with Crippen molar-refractivity contribution in [1.82, 2.24) is 14.8 Å². The molecule has 0 fully saturated rings. The summed E-state index contributed by atoms with van der Waals surface area (Å²) in [5.74, 6) is 1.62. The lowest BCUT2D eigenvalue weighted by Gasteiger charge is -2.16. The van der Waals surface area contributed by atoms with E-state index in [1.54, 1.807) is 6.08 Å². The largest absolute Gasteiger partial charge is 0.483 e. The zero-order valence-corrected chi connectivity index (χ0v) is 20.1. The number of aryl methyl sites for hydroxylation is 4. The molecule has 1 N–H and O–H groups in total. The smallest absolute Gasteiger partial charge is 0.234 e. The van der Waals surface area contributed by atoms with E-state index >= 15 is 0 Å². The third kappa shape index (κ3) is 6.01. The molecule has 3 aromatic rings. The topological polar surface area (TPSA) is 69.0 Å². The Morgan fingerprint density at radius 1 is 1.12 bits per heavy atom. The molecule has 0 radical (unpaired) electrons. The summed E-state index contributed by atoms with van der Waals surface area (Å²) >= 11 is 1.35. The molecule has 1 aromatic heterocycles. The van der Waals surface area contributed by atoms with E-state index in [4.69, 9.17) is 4.74 Å².